The number of fused-ring (bicyclic) bond motifs is 1. The fourth-order valence-corrected chi connectivity index (χ4v) is 5.69. The van der Waals surface area contributed by atoms with Gasteiger partial charge in [-0.1, -0.05) is 59.1 Å². The lowest BCUT2D eigenvalue weighted by atomic mass is 10.3. The molecule has 0 aliphatic heterocycles. The summed E-state index contributed by atoms with van der Waals surface area (Å²) in [5.41, 5.74) is 4.44. The fourth-order valence-electron chi connectivity index (χ4n) is 3.60. The van der Waals surface area contributed by atoms with Crippen molar-refractivity contribution >= 4 is 32.3 Å². The molecule has 6 heteroatoms. The van der Waals surface area contributed by atoms with Gasteiger partial charge < -0.3 is 9.13 Å². The molecule has 4 heterocycles. The van der Waals surface area contributed by atoms with E-state index in [1.807, 2.05) is 12.1 Å². The lowest BCUT2D eigenvalue weighted by molar-refractivity contribution is 1.08. The van der Waals surface area contributed by atoms with E-state index in [0.29, 0.717) is 0 Å². The van der Waals surface area contributed by atoms with Crippen molar-refractivity contribution in [1.82, 2.24) is 19.1 Å². The van der Waals surface area contributed by atoms with Gasteiger partial charge in [-0.15, -0.1) is 0 Å². The van der Waals surface area contributed by atoms with E-state index in [0.717, 1.165) is 42.4 Å². The Labute approximate surface area is 181 Å². The third-order valence-corrected chi connectivity index (χ3v) is 7.05. The molecule has 0 fully saturated rings. The van der Waals surface area contributed by atoms with Gasteiger partial charge in [-0.3, -0.25) is 0 Å². The van der Waals surface area contributed by atoms with Gasteiger partial charge in [-0.25, -0.2) is 9.97 Å². The number of hydrogen-bond donors (Lipinski definition) is 0. The molecule has 0 bridgehead atoms. The Kier molecular flexibility index (Phi) is 4.11. The number of rotatable bonds is 4. The zero-order chi connectivity index (χ0) is 19.9. The Balaban J connectivity index is 1.40. The molecular formula is C24H16N4S2. The van der Waals surface area contributed by atoms with Crippen LogP contribution in [0, 0.1) is 0 Å². The molecule has 2 aromatic carbocycles. The number of thiazole rings is 2. The van der Waals surface area contributed by atoms with Crippen molar-refractivity contribution in [2.75, 3.05) is 0 Å². The van der Waals surface area contributed by atoms with E-state index in [-0.39, 0.29) is 0 Å². The van der Waals surface area contributed by atoms with Crippen molar-refractivity contribution in [3.05, 3.63) is 97.3 Å². The van der Waals surface area contributed by atoms with Crippen molar-refractivity contribution in [3.8, 4) is 32.8 Å². The maximum atomic E-state index is 4.92. The van der Waals surface area contributed by atoms with Crippen molar-refractivity contribution in [2.45, 2.75) is 0 Å². The summed E-state index contributed by atoms with van der Waals surface area (Å²) in [6, 6.07) is 29.0. The van der Waals surface area contributed by atoms with Crippen LogP contribution in [0.4, 0.5) is 0 Å². The van der Waals surface area contributed by atoms with Crippen molar-refractivity contribution in [1.29, 1.82) is 0 Å². The SMILES string of the molecule is c1ccc(-n2cccc2-c2nc3sc(-c4cccn4-c4ccccc4)nc3s2)cc1. The zero-order valence-corrected chi connectivity index (χ0v) is 17.5. The van der Waals surface area contributed by atoms with E-state index < -0.39 is 0 Å². The molecule has 0 atom stereocenters. The summed E-state index contributed by atoms with van der Waals surface area (Å²) in [5.74, 6) is 0. The van der Waals surface area contributed by atoms with Gasteiger partial charge in [0.25, 0.3) is 0 Å². The molecule has 4 nitrogen and oxygen atoms in total. The molecule has 6 rings (SSSR count). The smallest absolute Gasteiger partial charge is 0.156 e. The molecule has 30 heavy (non-hydrogen) atoms. The minimum atomic E-state index is 0.978. The van der Waals surface area contributed by atoms with Crippen LogP contribution in [0.3, 0.4) is 0 Å². The van der Waals surface area contributed by atoms with Crippen LogP contribution in [0.25, 0.3) is 42.4 Å². The van der Waals surface area contributed by atoms with Crippen molar-refractivity contribution < 1.29 is 0 Å². The zero-order valence-electron chi connectivity index (χ0n) is 15.8. The highest BCUT2D eigenvalue weighted by Gasteiger charge is 2.17. The average molecular weight is 425 g/mol. The minimum absolute atomic E-state index is 0.978. The first-order valence-corrected chi connectivity index (χ1v) is 11.2. The Bertz CT molecular complexity index is 1300. The average Bonchev–Trinajstić information content (AvgIpc) is 3.57. The maximum absolute atomic E-state index is 4.92. The van der Waals surface area contributed by atoms with Gasteiger partial charge in [0, 0.05) is 23.8 Å². The van der Waals surface area contributed by atoms with Crippen molar-refractivity contribution in [3.63, 3.8) is 0 Å². The standard InChI is InChI=1S/C24H16N4S2/c1-3-9-17(10-4-1)27-15-7-13-19(27)21-25-23-24(29-21)26-22(30-23)20-14-8-16-28(20)18-11-5-2-6-12-18/h1-16H. The summed E-state index contributed by atoms with van der Waals surface area (Å²) in [6.45, 7) is 0. The second-order valence-corrected chi connectivity index (χ2v) is 8.80. The molecule has 0 saturated heterocycles. The molecule has 0 aliphatic carbocycles. The van der Waals surface area contributed by atoms with Crippen molar-refractivity contribution in [2.24, 2.45) is 0 Å². The van der Waals surface area contributed by atoms with Crippen LogP contribution in [0.5, 0.6) is 0 Å². The van der Waals surface area contributed by atoms with Gasteiger partial charge in [0.05, 0.1) is 11.4 Å². The largest absolute Gasteiger partial charge is 0.314 e. The molecule has 4 aromatic heterocycles. The number of para-hydroxylation sites is 2. The van der Waals surface area contributed by atoms with E-state index in [1.54, 1.807) is 22.7 Å². The first-order valence-electron chi connectivity index (χ1n) is 9.60. The van der Waals surface area contributed by atoms with Gasteiger partial charge in [-0.2, -0.15) is 0 Å². The molecule has 0 radical (unpaired) electrons. The Morgan fingerprint density at radius 1 is 0.500 bits per heavy atom. The third kappa shape index (κ3) is 2.89. The Morgan fingerprint density at radius 2 is 0.933 bits per heavy atom. The summed E-state index contributed by atoms with van der Waals surface area (Å²) in [5, 5.41) is 1.98. The molecule has 0 amide bonds. The quantitative estimate of drug-likeness (QED) is 0.317. The monoisotopic (exact) mass is 424 g/mol. The summed E-state index contributed by atoms with van der Waals surface area (Å²) < 4.78 is 4.34. The second-order valence-electron chi connectivity index (χ2n) is 6.85. The van der Waals surface area contributed by atoms with Crippen LogP contribution in [0.1, 0.15) is 0 Å². The second kappa shape index (κ2) is 7.09. The molecule has 144 valence electrons. The highest BCUT2D eigenvalue weighted by molar-refractivity contribution is 7.29. The van der Waals surface area contributed by atoms with Crippen LogP contribution in [-0.2, 0) is 0 Å². The highest BCUT2D eigenvalue weighted by atomic mass is 32.1. The summed E-state index contributed by atoms with van der Waals surface area (Å²) in [7, 11) is 0. The van der Waals surface area contributed by atoms with E-state index in [2.05, 4.69) is 94.3 Å². The Morgan fingerprint density at radius 3 is 1.37 bits per heavy atom. The molecule has 6 aromatic rings. The topological polar surface area (TPSA) is 35.6 Å². The predicted molar refractivity (Wildman–Crippen MR) is 125 cm³/mol. The van der Waals surface area contributed by atoms with E-state index in [4.69, 9.17) is 9.97 Å². The van der Waals surface area contributed by atoms with Gasteiger partial charge in [-0.05, 0) is 48.5 Å². The molecular weight excluding hydrogens is 408 g/mol. The van der Waals surface area contributed by atoms with E-state index in [9.17, 15) is 0 Å². The number of hydrogen-bond acceptors (Lipinski definition) is 4. The number of benzene rings is 2. The van der Waals surface area contributed by atoms with Gasteiger partial charge in [0.2, 0.25) is 0 Å². The van der Waals surface area contributed by atoms with Crippen LogP contribution in [0.2, 0.25) is 0 Å². The fraction of sp³-hybridized carbons (Fsp3) is 0. The predicted octanol–water partition coefficient (Wildman–Crippen LogP) is 6.67. The van der Waals surface area contributed by atoms with Crippen LogP contribution >= 0.6 is 22.7 Å². The van der Waals surface area contributed by atoms with Crippen LogP contribution in [0.15, 0.2) is 97.3 Å². The first-order chi connectivity index (χ1) is 14.9. The summed E-state index contributed by atoms with van der Waals surface area (Å²) in [6.07, 6.45) is 4.15. The molecule has 0 N–H and O–H groups in total. The molecule has 0 unspecified atom stereocenters. The normalized spacial score (nSPS) is 11.3. The number of aromatic nitrogens is 4. The van der Waals surface area contributed by atoms with Gasteiger partial charge >= 0.3 is 0 Å². The molecule has 0 spiro atoms. The number of nitrogens with zero attached hydrogens (tertiary/aromatic N) is 4. The van der Waals surface area contributed by atoms with E-state index >= 15 is 0 Å². The molecule has 0 aliphatic rings. The van der Waals surface area contributed by atoms with Gasteiger partial charge in [0.1, 0.15) is 10.0 Å². The Hall–Kier alpha value is -3.48. The molecule has 0 saturated carbocycles. The van der Waals surface area contributed by atoms with Crippen LogP contribution in [-0.4, -0.2) is 19.1 Å². The van der Waals surface area contributed by atoms with Gasteiger partial charge in [0.15, 0.2) is 9.66 Å². The summed E-state index contributed by atoms with van der Waals surface area (Å²) >= 11 is 3.28. The minimum Gasteiger partial charge on any atom is -0.314 e. The maximum Gasteiger partial charge on any atom is 0.156 e. The first kappa shape index (κ1) is 17.4. The lowest BCUT2D eigenvalue weighted by Gasteiger charge is -2.07. The lowest BCUT2D eigenvalue weighted by Crippen LogP contribution is -1.94. The van der Waals surface area contributed by atoms with E-state index in [1.165, 1.54) is 0 Å². The highest BCUT2D eigenvalue weighted by Crippen LogP contribution is 2.37. The summed E-state index contributed by atoms with van der Waals surface area (Å²) in [4.78, 5) is 11.8. The van der Waals surface area contributed by atoms with Crippen LogP contribution < -0.4 is 0 Å². The third-order valence-electron chi connectivity index (χ3n) is 4.98.